The minimum absolute atomic E-state index is 0.00762. The molecule has 178 valence electrons. The molecule has 0 spiro atoms. The summed E-state index contributed by atoms with van der Waals surface area (Å²) in [6.07, 6.45) is 4.71. The summed E-state index contributed by atoms with van der Waals surface area (Å²) in [4.78, 5) is 35.9. The number of aliphatic carboxylic acids is 1. The molecule has 2 aliphatic carbocycles. The molecule has 0 fully saturated rings. The van der Waals surface area contributed by atoms with Gasteiger partial charge in [0.2, 0.25) is 5.91 Å². The van der Waals surface area contributed by atoms with Gasteiger partial charge >= 0.3 is 12.1 Å². The quantitative estimate of drug-likeness (QED) is 0.513. The summed E-state index contributed by atoms with van der Waals surface area (Å²) < 4.78 is 5.61. The maximum absolute atomic E-state index is 12.6. The van der Waals surface area contributed by atoms with Crippen molar-refractivity contribution < 1.29 is 24.2 Å². The molecule has 7 heteroatoms. The highest BCUT2D eigenvalue weighted by molar-refractivity contribution is 5.80. The molecule has 0 saturated heterocycles. The van der Waals surface area contributed by atoms with Crippen molar-refractivity contribution in [2.24, 2.45) is 11.8 Å². The summed E-state index contributed by atoms with van der Waals surface area (Å²) in [5, 5.41) is 14.6. The molecule has 34 heavy (non-hydrogen) atoms. The van der Waals surface area contributed by atoms with Crippen LogP contribution in [0, 0.1) is 11.8 Å². The molecule has 7 nitrogen and oxygen atoms in total. The van der Waals surface area contributed by atoms with Gasteiger partial charge in [0.25, 0.3) is 0 Å². The van der Waals surface area contributed by atoms with Crippen molar-refractivity contribution in [3.05, 3.63) is 71.8 Å². The SMILES string of the molecule is CC(CCNC(=O)[C@@H]1CC=C[C@@H](NC(=O)OCC2c3ccccc3-c3ccccc32)C1)C(=O)O. The molecule has 0 aliphatic heterocycles. The number of benzene rings is 2. The third-order valence-corrected chi connectivity index (χ3v) is 6.64. The molecule has 2 aromatic carbocycles. The first-order valence-electron chi connectivity index (χ1n) is 11.7. The van der Waals surface area contributed by atoms with Gasteiger partial charge in [0.1, 0.15) is 6.61 Å². The fourth-order valence-corrected chi connectivity index (χ4v) is 4.68. The fraction of sp³-hybridized carbons (Fsp3) is 0.370. The van der Waals surface area contributed by atoms with E-state index < -0.39 is 18.0 Å². The van der Waals surface area contributed by atoms with Crippen LogP contribution >= 0.6 is 0 Å². The van der Waals surface area contributed by atoms with Crippen molar-refractivity contribution in [3.8, 4) is 11.1 Å². The van der Waals surface area contributed by atoms with E-state index in [4.69, 9.17) is 9.84 Å². The maximum atomic E-state index is 12.6. The lowest BCUT2D eigenvalue weighted by atomic mass is 9.90. The number of amides is 2. The van der Waals surface area contributed by atoms with E-state index in [9.17, 15) is 14.4 Å². The Hall–Kier alpha value is -3.61. The number of carbonyl (C=O) groups excluding carboxylic acids is 2. The average Bonchev–Trinajstić information content (AvgIpc) is 3.16. The Balaban J connectivity index is 1.28. The van der Waals surface area contributed by atoms with Gasteiger partial charge in [-0.05, 0) is 41.5 Å². The summed E-state index contributed by atoms with van der Waals surface area (Å²) in [6.45, 7) is 2.17. The highest BCUT2D eigenvalue weighted by atomic mass is 16.5. The number of allylic oxidation sites excluding steroid dienone is 1. The zero-order valence-corrected chi connectivity index (χ0v) is 19.2. The van der Waals surface area contributed by atoms with Crippen molar-refractivity contribution in [3.63, 3.8) is 0 Å². The van der Waals surface area contributed by atoms with Crippen LogP contribution in [0.15, 0.2) is 60.7 Å². The Kier molecular flexibility index (Phi) is 7.30. The monoisotopic (exact) mass is 462 g/mol. The number of carbonyl (C=O) groups is 3. The Morgan fingerprint density at radius 1 is 1.06 bits per heavy atom. The summed E-state index contributed by atoms with van der Waals surface area (Å²) in [5.74, 6) is -1.78. The van der Waals surface area contributed by atoms with Gasteiger partial charge in [-0.25, -0.2) is 4.79 Å². The number of rotatable bonds is 8. The molecule has 3 atom stereocenters. The number of fused-ring (bicyclic) bond motifs is 3. The molecule has 0 heterocycles. The zero-order valence-electron chi connectivity index (χ0n) is 19.2. The van der Waals surface area contributed by atoms with E-state index in [1.54, 1.807) is 6.92 Å². The molecule has 3 N–H and O–H groups in total. The van der Waals surface area contributed by atoms with Gasteiger partial charge in [-0.1, -0.05) is 67.6 Å². The summed E-state index contributed by atoms with van der Waals surface area (Å²) >= 11 is 0. The van der Waals surface area contributed by atoms with E-state index in [0.717, 1.165) is 11.1 Å². The minimum atomic E-state index is -0.873. The molecule has 2 aromatic rings. The standard InChI is InChI=1S/C27H30N2O5/c1-17(26(31)32)13-14-28-25(30)18-7-6-8-19(15-18)29-27(33)34-16-24-22-11-4-2-9-20(22)21-10-3-5-12-23(21)24/h2-6,8-12,17-19,24H,7,13-16H2,1H3,(H,28,30)(H,29,33)(H,31,32)/t17?,18-,19-/m1/s1. The second kappa shape index (κ2) is 10.5. The number of hydrogen-bond donors (Lipinski definition) is 3. The second-order valence-electron chi connectivity index (χ2n) is 8.99. The van der Waals surface area contributed by atoms with Crippen LogP contribution in [0.4, 0.5) is 4.79 Å². The summed E-state index contributed by atoms with van der Waals surface area (Å²) in [7, 11) is 0. The van der Waals surface area contributed by atoms with Gasteiger partial charge in [-0.2, -0.15) is 0 Å². The lowest BCUT2D eigenvalue weighted by Gasteiger charge is -2.25. The Labute approximate surface area is 199 Å². The van der Waals surface area contributed by atoms with Gasteiger partial charge in [-0.15, -0.1) is 0 Å². The summed E-state index contributed by atoms with van der Waals surface area (Å²) in [6, 6.07) is 16.1. The number of ether oxygens (including phenoxy) is 1. The highest BCUT2D eigenvalue weighted by Crippen LogP contribution is 2.44. The third-order valence-electron chi connectivity index (χ3n) is 6.64. The zero-order chi connectivity index (χ0) is 24.1. The van der Waals surface area contributed by atoms with Crippen LogP contribution in [-0.4, -0.2) is 42.3 Å². The molecule has 0 radical (unpaired) electrons. The van der Waals surface area contributed by atoms with Crippen molar-refractivity contribution >= 4 is 18.0 Å². The van der Waals surface area contributed by atoms with Crippen LogP contribution in [0.25, 0.3) is 11.1 Å². The Morgan fingerprint density at radius 3 is 2.35 bits per heavy atom. The first-order valence-corrected chi connectivity index (χ1v) is 11.7. The number of nitrogens with one attached hydrogen (secondary N) is 2. The van der Waals surface area contributed by atoms with Crippen LogP contribution in [-0.2, 0) is 14.3 Å². The van der Waals surface area contributed by atoms with E-state index in [-0.39, 0.29) is 30.4 Å². The van der Waals surface area contributed by atoms with Crippen molar-refractivity contribution in [1.82, 2.24) is 10.6 Å². The number of carboxylic acids is 1. The normalized spacial score (nSPS) is 19.6. The average molecular weight is 463 g/mol. The predicted molar refractivity (Wildman–Crippen MR) is 128 cm³/mol. The topological polar surface area (TPSA) is 105 Å². The largest absolute Gasteiger partial charge is 0.481 e. The number of hydrogen-bond acceptors (Lipinski definition) is 4. The molecule has 0 saturated carbocycles. The van der Waals surface area contributed by atoms with E-state index in [1.807, 2.05) is 36.4 Å². The van der Waals surface area contributed by atoms with E-state index in [2.05, 4.69) is 34.9 Å². The lowest BCUT2D eigenvalue weighted by molar-refractivity contribution is -0.141. The second-order valence-corrected chi connectivity index (χ2v) is 8.99. The van der Waals surface area contributed by atoms with E-state index in [0.29, 0.717) is 25.8 Å². The van der Waals surface area contributed by atoms with Crippen LogP contribution in [0.1, 0.15) is 43.2 Å². The van der Waals surface area contributed by atoms with Gasteiger partial charge < -0.3 is 20.5 Å². The van der Waals surface area contributed by atoms with Crippen molar-refractivity contribution in [1.29, 1.82) is 0 Å². The molecule has 0 bridgehead atoms. The molecule has 0 aromatic heterocycles. The van der Waals surface area contributed by atoms with Crippen LogP contribution in [0.2, 0.25) is 0 Å². The summed E-state index contributed by atoms with van der Waals surface area (Å²) in [5.41, 5.74) is 4.66. The first-order chi connectivity index (χ1) is 16.4. The lowest BCUT2D eigenvalue weighted by Crippen LogP contribution is -2.41. The van der Waals surface area contributed by atoms with Gasteiger partial charge in [0.05, 0.1) is 12.0 Å². The Bertz CT molecular complexity index is 1050. The molecule has 4 rings (SSSR count). The van der Waals surface area contributed by atoms with Gasteiger partial charge in [0, 0.05) is 18.4 Å². The molecule has 1 unspecified atom stereocenters. The van der Waals surface area contributed by atoms with Crippen molar-refractivity contribution in [2.45, 2.75) is 38.1 Å². The number of carboxylic acid groups (broad SMARTS) is 1. The first kappa shape index (κ1) is 23.5. The van der Waals surface area contributed by atoms with Gasteiger partial charge in [0.15, 0.2) is 0 Å². The predicted octanol–water partition coefficient (Wildman–Crippen LogP) is 4.09. The van der Waals surface area contributed by atoms with Crippen LogP contribution in [0.3, 0.4) is 0 Å². The van der Waals surface area contributed by atoms with E-state index in [1.165, 1.54) is 11.1 Å². The third kappa shape index (κ3) is 5.30. The minimum Gasteiger partial charge on any atom is -0.481 e. The fourth-order valence-electron chi connectivity index (χ4n) is 4.68. The molecule has 2 aliphatic rings. The van der Waals surface area contributed by atoms with Crippen LogP contribution < -0.4 is 10.6 Å². The molecule has 2 amide bonds. The van der Waals surface area contributed by atoms with Crippen molar-refractivity contribution in [2.75, 3.05) is 13.2 Å². The molecular formula is C27H30N2O5. The Morgan fingerprint density at radius 2 is 1.71 bits per heavy atom. The van der Waals surface area contributed by atoms with Gasteiger partial charge in [-0.3, -0.25) is 9.59 Å². The molecular weight excluding hydrogens is 432 g/mol. The van der Waals surface area contributed by atoms with E-state index >= 15 is 0 Å². The number of alkyl carbamates (subject to hydrolysis) is 1. The smallest absolute Gasteiger partial charge is 0.407 e. The maximum Gasteiger partial charge on any atom is 0.407 e. The highest BCUT2D eigenvalue weighted by Gasteiger charge is 2.30. The van der Waals surface area contributed by atoms with Crippen LogP contribution in [0.5, 0.6) is 0 Å².